The smallest absolute Gasteiger partial charge is 0.327 e. The summed E-state index contributed by atoms with van der Waals surface area (Å²) in [5.74, 6) is -1.38. The molecule has 0 bridgehead atoms. The van der Waals surface area contributed by atoms with Gasteiger partial charge in [0, 0.05) is 0 Å². The van der Waals surface area contributed by atoms with Gasteiger partial charge in [0.05, 0.1) is 0 Å². The summed E-state index contributed by atoms with van der Waals surface area (Å²) in [7, 11) is 0. The average molecular weight is 268 g/mol. The summed E-state index contributed by atoms with van der Waals surface area (Å²) in [6, 6.07) is -1.62. The van der Waals surface area contributed by atoms with Gasteiger partial charge in [-0.3, -0.25) is 4.79 Å². The number of rotatable bonds is 4. The maximum atomic E-state index is 12.4. The lowest BCUT2D eigenvalue weighted by Crippen LogP contribution is -2.48. The van der Waals surface area contributed by atoms with Crippen molar-refractivity contribution in [3.05, 3.63) is 0 Å². The highest BCUT2D eigenvalue weighted by Gasteiger charge is 2.55. The highest BCUT2D eigenvalue weighted by Crippen LogP contribution is 2.36. The minimum atomic E-state index is -1.12. The molecule has 2 rings (SSSR count). The Hall–Kier alpha value is -1.59. The first-order valence-corrected chi connectivity index (χ1v) is 6.76. The van der Waals surface area contributed by atoms with Gasteiger partial charge in [-0.15, -0.1) is 0 Å². The Morgan fingerprint density at radius 2 is 1.95 bits per heavy atom. The number of carbonyl (C=O) groups excluding carboxylic acids is 2. The molecule has 2 fully saturated rings. The van der Waals surface area contributed by atoms with Crippen LogP contribution < -0.4 is 5.32 Å². The second kappa shape index (κ2) is 4.83. The number of nitrogens with zero attached hydrogens (tertiary/aromatic N) is 1. The van der Waals surface area contributed by atoms with Crippen molar-refractivity contribution >= 4 is 17.9 Å². The number of carboxylic acids is 1. The number of urea groups is 1. The van der Waals surface area contributed by atoms with E-state index < -0.39 is 23.6 Å². The lowest BCUT2D eigenvalue weighted by molar-refractivity contribution is -0.148. The Bertz CT molecular complexity index is 413. The third kappa shape index (κ3) is 2.31. The average Bonchev–Trinajstić information content (AvgIpc) is 2.84. The number of nitrogens with one attached hydrogen (secondary N) is 1. The summed E-state index contributed by atoms with van der Waals surface area (Å²) in [6.07, 6.45) is 3.29. The molecule has 0 aromatic carbocycles. The topological polar surface area (TPSA) is 86.7 Å². The van der Waals surface area contributed by atoms with Crippen LogP contribution in [0.1, 0.15) is 46.0 Å². The highest BCUT2D eigenvalue weighted by atomic mass is 16.4. The molecule has 1 aliphatic heterocycles. The molecule has 1 spiro atoms. The molecule has 2 aliphatic rings. The molecule has 1 heterocycles. The van der Waals surface area contributed by atoms with Crippen molar-refractivity contribution in [3.63, 3.8) is 0 Å². The van der Waals surface area contributed by atoms with Crippen molar-refractivity contribution in [3.8, 4) is 0 Å². The normalized spacial score (nSPS) is 23.2. The largest absolute Gasteiger partial charge is 0.480 e. The van der Waals surface area contributed by atoms with E-state index in [0.717, 1.165) is 17.7 Å². The second-order valence-corrected chi connectivity index (χ2v) is 5.88. The number of imide groups is 1. The first-order chi connectivity index (χ1) is 8.87. The third-order valence-corrected chi connectivity index (χ3v) is 3.94. The van der Waals surface area contributed by atoms with Crippen molar-refractivity contribution in [1.82, 2.24) is 10.2 Å². The summed E-state index contributed by atoms with van der Waals surface area (Å²) in [4.78, 5) is 36.7. The van der Waals surface area contributed by atoms with Crippen LogP contribution in [0.2, 0.25) is 0 Å². The van der Waals surface area contributed by atoms with E-state index >= 15 is 0 Å². The van der Waals surface area contributed by atoms with E-state index in [4.69, 9.17) is 0 Å². The molecule has 3 amide bonds. The molecule has 6 nitrogen and oxygen atoms in total. The summed E-state index contributed by atoms with van der Waals surface area (Å²) in [5.41, 5.74) is -0.832. The summed E-state index contributed by atoms with van der Waals surface area (Å²) in [5, 5.41) is 12.0. The van der Waals surface area contributed by atoms with Gasteiger partial charge in [0.25, 0.3) is 5.91 Å². The van der Waals surface area contributed by atoms with E-state index in [1.54, 1.807) is 0 Å². The van der Waals surface area contributed by atoms with Crippen molar-refractivity contribution in [1.29, 1.82) is 0 Å². The van der Waals surface area contributed by atoms with Crippen molar-refractivity contribution in [2.24, 2.45) is 5.92 Å². The molecule has 1 aliphatic carbocycles. The van der Waals surface area contributed by atoms with E-state index in [0.29, 0.717) is 12.8 Å². The molecule has 1 saturated heterocycles. The Morgan fingerprint density at radius 3 is 2.42 bits per heavy atom. The first-order valence-electron chi connectivity index (χ1n) is 6.76. The first kappa shape index (κ1) is 13.8. The predicted molar refractivity (Wildman–Crippen MR) is 67.5 cm³/mol. The fourth-order valence-electron chi connectivity index (χ4n) is 3.00. The standard InChI is InChI=1S/C13H20N2O4/c1-8(2)7-9(10(16)17)15-11(18)13(14-12(15)19)5-3-4-6-13/h8-9H,3-7H2,1-2H3,(H,14,19)(H,16,17)/t9-/m1/s1. The highest BCUT2D eigenvalue weighted by molar-refractivity contribution is 6.09. The van der Waals surface area contributed by atoms with Crippen LogP contribution in [0.25, 0.3) is 0 Å². The molecule has 1 atom stereocenters. The maximum absolute atomic E-state index is 12.4. The van der Waals surface area contributed by atoms with Crippen LogP contribution in [0.3, 0.4) is 0 Å². The van der Waals surface area contributed by atoms with Gasteiger partial charge in [0.15, 0.2) is 0 Å². The Labute approximate surface area is 112 Å². The lowest BCUT2D eigenvalue weighted by atomic mass is 9.96. The van der Waals surface area contributed by atoms with Gasteiger partial charge in [-0.25, -0.2) is 14.5 Å². The van der Waals surface area contributed by atoms with Gasteiger partial charge in [-0.05, 0) is 25.2 Å². The molecule has 106 valence electrons. The minimum Gasteiger partial charge on any atom is -0.480 e. The number of hydrogen-bond acceptors (Lipinski definition) is 3. The van der Waals surface area contributed by atoms with Crippen LogP contribution >= 0.6 is 0 Å². The zero-order chi connectivity index (χ0) is 14.2. The summed E-state index contributed by atoms with van der Waals surface area (Å²) < 4.78 is 0. The predicted octanol–water partition coefficient (Wildman–Crippen LogP) is 1.35. The zero-order valence-corrected chi connectivity index (χ0v) is 11.3. The molecule has 0 unspecified atom stereocenters. The van der Waals surface area contributed by atoms with Crippen molar-refractivity contribution < 1.29 is 19.5 Å². The summed E-state index contributed by atoms with van der Waals surface area (Å²) in [6.45, 7) is 3.75. The van der Waals surface area contributed by atoms with Crippen LogP contribution in [-0.2, 0) is 9.59 Å². The molecule has 0 aromatic heterocycles. The lowest BCUT2D eigenvalue weighted by Gasteiger charge is -2.25. The Kier molecular flexibility index (Phi) is 3.52. The van der Waals surface area contributed by atoms with Crippen molar-refractivity contribution in [2.45, 2.75) is 57.5 Å². The zero-order valence-electron chi connectivity index (χ0n) is 11.3. The fourth-order valence-corrected chi connectivity index (χ4v) is 3.00. The number of carboxylic acid groups (broad SMARTS) is 1. The van der Waals surface area contributed by atoms with Gasteiger partial charge in [-0.1, -0.05) is 26.7 Å². The van der Waals surface area contributed by atoms with E-state index in [9.17, 15) is 19.5 Å². The van der Waals surface area contributed by atoms with E-state index in [2.05, 4.69) is 5.32 Å². The van der Waals surface area contributed by atoms with E-state index in [1.807, 2.05) is 13.8 Å². The molecule has 19 heavy (non-hydrogen) atoms. The number of amides is 3. The Morgan fingerprint density at radius 1 is 1.37 bits per heavy atom. The van der Waals surface area contributed by atoms with Crippen LogP contribution in [0.15, 0.2) is 0 Å². The monoisotopic (exact) mass is 268 g/mol. The number of carbonyl (C=O) groups is 3. The fraction of sp³-hybridized carbons (Fsp3) is 0.769. The summed E-state index contributed by atoms with van der Waals surface area (Å²) >= 11 is 0. The number of aliphatic carboxylic acids is 1. The van der Waals surface area contributed by atoms with Crippen molar-refractivity contribution in [2.75, 3.05) is 0 Å². The Balaban J connectivity index is 2.25. The quantitative estimate of drug-likeness (QED) is 0.753. The maximum Gasteiger partial charge on any atom is 0.327 e. The van der Waals surface area contributed by atoms with Gasteiger partial charge in [0.2, 0.25) is 0 Å². The van der Waals surface area contributed by atoms with Crippen LogP contribution in [0, 0.1) is 5.92 Å². The van der Waals surface area contributed by atoms with Crippen LogP contribution in [0.5, 0.6) is 0 Å². The molecule has 2 N–H and O–H groups in total. The van der Waals surface area contributed by atoms with E-state index in [-0.39, 0.29) is 18.2 Å². The molecular formula is C13H20N2O4. The van der Waals surface area contributed by atoms with Gasteiger partial charge < -0.3 is 10.4 Å². The molecule has 0 aromatic rings. The molecule has 6 heteroatoms. The molecule has 0 radical (unpaired) electrons. The SMILES string of the molecule is CC(C)C[C@H](C(=O)O)N1C(=O)NC2(CCCC2)C1=O. The number of hydrogen-bond donors (Lipinski definition) is 2. The minimum absolute atomic E-state index is 0.0989. The van der Waals surface area contributed by atoms with E-state index in [1.165, 1.54) is 0 Å². The second-order valence-electron chi connectivity index (χ2n) is 5.88. The van der Waals surface area contributed by atoms with Crippen LogP contribution in [0.4, 0.5) is 4.79 Å². The van der Waals surface area contributed by atoms with Gasteiger partial charge in [-0.2, -0.15) is 0 Å². The van der Waals surface area contributed by atoms with Crippen LogP contribution in [-0.4, -0.2) is 39.5 Å². The van der Waals surface area contributed by atoms with Gasteiger partial charge in [0.1, 0.15) is 11.6 Å². The van der Waals surface area contributed by atoms with Gasteiger partial charge >= 0.3 is 12.0 Å². The molecule has 1 saturated carbocycles. The third-order valence-electron chi connectivity index (χ3n) is 3.94. The molecular weight excluding hydrogens is 248 g/mol.